The number of aryl methyl sites for hydroxylation is 1. The maximum atomic E-state index is 12.3. The van der Waals surface area contributed by atoms with Crippen LogP contribution in [0.1, 0.15) is 11.3 Å². The van der Waals surface area contributed by atoms with E-state index in [0.29, 0.717) is 18.8 Å². The Labute approximate surface area is 161 Å². The van der Waals surface area contributed by atoms with Gasteiger partial charge in [0.1, 0.15) is 0 Å². The van der Waals surface area contributed by atoms with E-state index >= 15 is 0 Å². The number of hydrogen-bond donors (Lipinski definition) is 1. The van der Waals surface area contributed by atoms with Crippen molar-refractivity contribution in [1.82, 2.24) is 19.3 Å². The van der Waals surface area contributed by atoms with Crippen LogP contribution in [0.4, 0.5) is 0 Å². The monoisotopic (exact) mass is 398 g/mol. The number of hydrogen-bond acceptors (Lipinski definition) is 5. The molecule has 4 rings (SSSR count). The fourth-order valence-electron chi connectivity index (χ4n) is 2.72. The van der Waals surface area contributed by atoms with Crippen molar-refractivity contribution in [3.63, 3.8) is 0 Å². The molecule has 2 heterocycles. The van der Waals surface area contributed by atoms with Crippen molar-refractivity contribution in [2.45, 2.75) is 18.2 Å². The second-order valence-electron chi connectivity index (χ2n) is 6.18. The molecule has 0 unspecified atom stereocenters. The minimum atomic E-state index is -3.50. The van der Waals surface area contributed by atoms with E-state index in [1.165, 1.54) is 16.9 Å². The van der Waals surface area contributed by atoms with Gasteiger partial charge >= 0.3 is 0 Å². The molecule has 0 aliphatic carbocycles. The second-order valence-corrected chi connectivity index (χ2v) is 8.79. The third-order valence-corrected chi connectivity index (χ3v) is 6.53. The lowest BCUT2D eigenvalue weighted by Gasteiger charge is -2.06. The fourth-order valence-corrected chi connectivity index (χ4v) is 4.63. The van der Waals surface area contributed by atoms with Crippen molar-refractivity contribution in [1.29, 1.82) is 0 Å². The molecule has 138 valence electrons. The number of fused-ring (bicyclic) bond motifs is 1. The van der Waals surface area contributed by atoms with Crippen molar-refractivity contribution >= 4 is 26.3 Å². The molecule has 2 aromatic heterocycles. The zero-order valence-electron chi connectivity index (χ0n) is 14.7. The van der Waals surface area contributed by atoms with Gasteiger partial charge in [0.25, 0.3) is 0 Å². The van der Waals surface area contributed by atoms with Crippen molar-refractivity contribution < 1.29 is 8.42 Å². The number of sulfonamides is 1. The number of aromatic nitrogens is 3. The first-order valence-electron chi connectivity index (χ1n) is 8.48. The molecular formula is C19H18N4O2S2. The highest BCUT2D eigenvalue weighted by Gasteiger charge is 2.15. The lowest BCUT2D eigenvalue weighted by atomic mass is 10.1. The van der Waals surface area contributed by atoms with Crippen LogP contribution in [0, 0.1) is 6.92 Å². The largest absolute Gasteiger partial charge is 0.240 e. The highest BCUT2D eigenvalue weighted by molar-refractivity contribution is 7.89. The SMILES string of the molecule is Cc1ccc(-c2nc3scc(CCNS(=O)(=O)c4ccccc4)n3n2)cc1. The Bertz CT molecular complexity index is 1160. The Balaban J connectivity index is 1.49. The molecule has 0 amide bonds. The minimum absolute atomic E-state index is 0.267. The Morgan fingerprint density at radius 3 is 2.56 bits per heavy atom. The molecule has 0 atom stereocenters. The first-order chi connectivity index (χ1) is 13.0. The molecule has 6 nitrogen and oxygen atoms in total. The third-order valence-electron chi connectivity index (χ3n) is 4.19. The van der Waals surface area contributed by atoms with Crippen LogP contribution in [0.25, 0.3) is 16.3 Å². The maximum Gasteiger partial charge on any atom is 0.240 e. The summed E-state index contributed by atoms with van der Waals surface area (Å²) in [4.78, 5) is 5.63. The maximum absolute atomic E-state index is 12.3. The van der Waals surface area contributed by atoms with E-state index in [2.05, 4.69) is 14.8 Å². The van der Waals surface area contributed by atoms with E-state index in [0.717, 1.165) is 16.2 Å². The zero-order valence-corrected chi connectivity index (χ0v) is 16.3. The molecule has 0 aliphatic heterocycles. The quantitative estimate of drug-likeness (QED) is 0.541. The molecule has 0 radical (unpaired) electrons. The van der Waals surface area contributed by atoms with Gasteiger partial charge in [0.05, 0.1) is 10.6 Å². The van der Waals surface area contributed by atoms with E-state index in [4.69, 9.17) is 0 Å². The van der Waals surface area contributed by atoms with Crippen molar-refractivity contribution in [3.05, 3.63) is 71.2 Å². The summed E-state index contributed by atoms with van der Waals surface area (Å²) in [6.45, 7) is 2.33. The van der Waals surface area contributed by atoms with E-state index < -0.39 is 10.0 Å². The highest BCUT2D eigenvalue weighted by atomic mass is 32.2. The molecule has 0 saturated carbocycles. The van der Waals surface area contributed by atoms with Crippen LogP contribution >= 0.6 is 11.3 Å². The molecule has 1 N–H and O–H groups in total. The lowest BCUT2D eigenvalue weighted by molar-refractivity contribution is 0.581. The summed E-state index contributed by atoms with van der Waals surface area (Å²) < 4.78 is 29.0. The average molecular weight is 399 g/mol. The fraction of sp³-hybridized carbons (Fsp3) is 0.158. The van der Waals surface area contributed by atoms with Crippen LogP contribution in [0.15, 0.2) is 64.9 Å². The predicted octanol–water partition coefficient (Wildman–Crippen LogP) is 3.29. The van der Waals surface area contributed by atoms with Gasteiger partial charge in [-0.3, -0.25) is 0 Å². The smallest absolute Gasteiger partial charge is 0.211 e. The predicted molar refractivity (Wildman–Crippen MR) is 106 cm³/mol. The van der Waals surface area contributed by atoms with Gasteiger partial charge in [-0.2, -0.15) is 4.98 Å². The topological polar surface area (TPSA) is 76.4 Å². The second kappa shape index (κ2) is 7.22. The molecule has 27 heavy (non-hydrogen) atoms. The van der Waals surface area contributed by atoms with Crippen LogP contribution < -0.4 is 4.72 Å². The summed E-state index contributed by atoms with van der Waals surface area (Å²) in [5.74, 6) is 0.674. The molecule has 0 saturated heterocycles. The van der Waals surface area contributed by atoms with Gasteiger partial charge in [-0.15, -0.1) is 16.4 Å². The average Bonchev–Trinajstić information content (AvgIpc) is 3.25. The molecule has 0 fully saturated rings. The molecule has 0 bridgehead atoms. The van der Waals surface area contributed by atoms with Gasteiger partial charge < -0.3 is 0 Å². The van der Waals surface area contributed by atoms with Crippen molar-refractivity contribution in [2.75, 3.05) is 6.54 Å². The summed E-state index contributed by atoms with van der Waals surface area (Å²) in [5, 5.41) is 6.55. The molecular weight excluding hydrogens is 380 g/mol. The van der Waals surface area contributed by atoms with E-state index in [-0.39, 0.29) is 4.90 Å². The minimum Gasteiger partial charge on any atom is -0.211 e. The van der Waals surface area contributed by atoms with Crippen LogP contribution in [0.2, 0.25) is 0 Å². The lowest BCUT2D eigenvalue weighted by Crippen LogP contribution is -2.26. The molecule has 2 aromatic carbocycles. The van der Waals surface area contributed by atoms with Crippen LogP contribution in [0.5, 0.6) is 0 Å². The van der Waals surface area contributed by atoms with E-state index in [9.17, 15) is 8.42 Å². The number of nitrogens with zero attached hydrogens (tertiary/aromatic N) is 3. The van der Waals surface area contributed by atoms with Gasteiger partial charge in [0.2, 0.25) is 15.0 Å². The van der Waals surface area contributed by atoms with Crippen LogP contribution in [-0.4, -0.2) is 29.6 Å². The Morgan fingerprint density at radius 1 is 1.07 bits per heavy atom. The van der Waals surface area contributed by atoms with Crippen molar-refractivity contribution in [3.8, 4) is 11.4 Å². The van der Waals surface area contributed by atoms with Crippen LogP contribution in [-0.2, 0) is 16.4 Å². The number of benzene rings is 2. The summed E-state index contributed by atoms with van der Waals surface area (Å²) in [5.41, 5.74) is 3.08. The summed E-state index contributed by atoms with van der Waals surface area (Å²) in [6.07, 6.45) is 0.531. The summed E-state index contributed by atoms with van der Waals surface area (Å²) in [6, 6.07) is 16.4. The number of thiazole rings is 1. The standard InChI is InChI=1S/C19H18N4O2S2/c1-14-7-9-15(10-8-14)18-21-19-23(22-18)16(13-26-19)11-12-20-27(24,25)17-5-3-2-4-6-17/h2-10,13,20H,11-12H2,1H3. The normalized spacial score (nSPS) is 11.9. The molecule has 8 heteroatoms. The highest BCUT2D eigenvalue weighted by Crippen LogP contribution is 2.21. The molecule has 4 aromatic rings. The number of rotatable bonds is 6. The zero-order chi connectivity index (χ0) is 18.9. The number of nitrogens with one attached hydrogen (secondary N) is 1. The summed E-state index contributed by atoms with van der Waals surface area (Å²) >= 11 is 1.50. The molecule has 0 spiro atoms. The van der Waals surface area contributed by atoms with E-state index in [1.54, 1.807) is 34.8 Å². The first kappa shape index (κ1) is 17.8. The van der Waals surface area contributed by atoms with Gasteiger partial charge in [0.15, 0.2) is 5.82 Å². The first-order valence-corrected chi connectivity index (χ1v) is 10.8. The van der Waals surface area contributed by atoms with E-state index in [1.807, 2.05) is 36.6 Å². The Morgan fingerprint density at radius 2 is 1.81 bits per heavy atom. The summed E-state index contributed by atoms with van der Waals surface area (Å²) in [7, 11) is -3.50. The van der Waals surface area contributed by atoms with Gasteiger partial charge in [0, 0.05) is 23.9 Å². The van der Waals surface area contributed by atoms with Crippen LogP contribution in [0.3, 0.4) is 0 Å². The Hall–Kier alpha value is -2.55. The molecule has 0 aliphatic rings. The third kappa shape index (κ3) is 3.78. The van der Waals surface area contributed by atoms with Crippen molar-refractivity contribution in [2.24, 2.45) is 0 Å². The van der Waals surface area contributed by atoms with Gasteiger partial charge in [-0.25, -0.2) is 17.7 Å². The van der Waals surface area contributed by atoms with Gasteiger partial charge in [-0.1, -0.05) is 48.0 Å². The van der Waals surface area contributed by atoms with Gasteiger partial charge in [-0.05, 0) is 19.1 Å². The Kier molecular flexibility index (Phi) is 4.77.